The molecule has 1 aromatic rings. The zero-order valence-electron chi connectivity index (χ0n) is 7.69. The van der Waals surface area contributed by atoms with Crippen molar-refractivity contribution in [2.75, 3.05) is 6.54 Å². The highest BCUT2D eigenvalue weighted by molar-refractivity contribution is 14.1. The van der Waals surface area contributed by atoms with Crippen LogP contribution in [0.25, 0.3) is 0 Å². The van der Waals surface area contributed by atoms with E-state index in [0.717, 1.165) is 8.05 Å². The minimum absolute atomic E-state index is 0.134. The molecule has 0 aliphatic carbocycles. The van der Waals surface area contributed by atoms with Gasteiger partial charge < -0.3 is 5.32 Å². The molecule has 0 spiro atoms. The van der Waals surface area contributed by atoms with Gasteiger partial charge in [-0.15, -0.1) is 0 Å². The lowest BCUT2D eigenvalue weighted by molar-refractivity contribution is 0.0957. The van der Waals surface area contributed by atoms with Crippen molar-refractivity contribution in [3.05, 3.63) is 43.4 Å². The summed E-state index contributed by atoms with van der Waals surface area (Å²) in [4.78, 5) is 11.6. The molecule has 0 saturated heterocycles. The average molecular weight is 400 g/mol. The molecule has 1 aromatic carbocycles. The molecule has 0 fully saturated rings. The minimum Gasteiger partial charge on any atom is -0.347 e. The van der Waals surface area contributed by atoms with Crippen molar-refractivity contribution in [2.24, 2.45) is 0 Å². The van der Waals surface area contributed by atoms with E-state index in [2.05, 4.69) is 50.4 Å². The van der Waals surface area contributed by atoms with Gasteiger partial charge in [0.05, 0.1) is 5.02 Å². The Morgan fingerprint density at radius 3 is 2.80 bits per heavy atom. The van der Waals surface area contributed by atoms with E-state index in [1.165, 1.54) is 0 Å². The number of hydrogen-bond donors (Lipinski definition) is 1. The standard InChI is InChI=1S/C10H8BrClINO/c1-6(11)5-14-10(15)7-2-3-8(12)9(13)4-7/h2-4H,1,5H2,(H,14,15). The maximum Gasteiger partial charge on any atom is 0.251 e. The minimum atomic E-state index is -0.134. The van der Waals surface area contributed by atoms with Gasteiger partial charge in [0.1, 0.15) is 0 Å². The Hall–Kier alpha value is -0.0700. The van der Waals surface area contributed by atoms with Crippen LogP contribution < -0.4 is 5.32 Å². The van der Waals surface area contributed by atoms with E-state index in [9.17, 15) is 4.79 Å². The second-order valence-corrected chi connectivity index (χ2v) is 5.52. The molecule has 0 aliphatic heterocycles. The van der Waals surface area contributed by atoms with Gasteiger partial charge in [0.25, 0.3) is 5.91 Å². The Bertz CT molecular complexity index is 408. The van der Waals surface area contributed by atoms with Gasteiger partial charge in [0, 0.05) is 20.2 Å². The maximum atomic E-state index is 11.6. The van der Waals surface area contributed by atoms with Crippen LogP contribution in [0.5, 0.6) is 0 Å². The predicted molar refractivity (Wildman–Crippen MR) is 74.6 cm³/mol. The first-order valence-electron chi connectivity index (χ1n) is 4.07. The van der Waals surface area contributed by atoms with E-state index in [0.29, 0.717) is 17.1 Å². The number of carbonyl (C=O) groups excluding carboxylic acids is 1. The van der Waals surface area contributed by atoms with Crippen LogP contribution in [0.4, 0.5) is 0 Å². The SMILES string of the molecule is C=C(Br)CNC(=O)c1ccc(Cl)c(I)c1. The van der Waals surface area contributed by atoms with Gasteiger partial charge in [0.15, 0.2) is 0 Å². The molecule has 2 nitrogen and oxygen atoms in total. The second-order valence-electron chi connectivity index (χ2n) is 2.83. The molecule has 80 valence electrons. The first kappa shape index (κ1) is 13.0. The summed E-state index contributed by atoms with van der Waals surface area (Å²) in [6.45, 7) is 4.05. The average Bonchev–Trinajstić information content (AvgIpc) is 2.18. The lowest BCUT2D eigenvalue weighted by Gasteiger charge is -2.04. The number of nitrogens with one attached hydrogen (secondary N) is 1. The molecule has 1 N–H and O–H groups in total. The predicted octanol–water partition coefficient (Wildman–Crippen LogP) is 3.58. The molecule has 1 amide bonds. The summed E-state index contributed by atoms with van der Waals surface area (Å²) in [7, 11) is 0. The lowest BCUT2D eigenvalue weighted by atomic mass is 10.2. The third-order valence-corrected chi connectivity index (χ3v) is 3.44. The van der Waals surface area contributed by atoms with Gasteiger partial charge in [-0.25, -0.2) is 0 Å². The summed E-state index contributed by atoms with van der Waals surface area (Å²) in [6, 6.07) is 5.15. The van der Waals surface area contributed by atoms with Gasteiger partial charge in [-0.05, 0) is 40.8 Å². The van der Waals surface area contributed by atoms with Crippen LogP contribution in [0.3, 0.4) is 0 Å². The second kappa shape index (κ2) is 5.86. The molecule has 0 aliphatic rings. The van der Waals surface area contributed by atoms with Crippen molar-refractivity contribution in [3.8, 4) is 0 Å². The van der Waals surface area contributed by atoms with Gasteiger partial charge >= 0.3 is 0 Å². The molecular formula is C10H8BrClINO. The van der Waals surface area contributed by atoms with Gasteiger partial charge in [-0.2, -0.15) is 0 Å². The summed E-state index contributed by atoms with van der Waals surface area (Å²) >= 11 is 11.1. The Morgan fingerprint density at radius 2 is 2.27 bits per heavy atom. The van der Waals surface area contributed by atoms with E-state index in [-0.39, 0.29) is 5.91 Å². The summed E-state index contributed by atoms with van der Waals surface area (Å²) in [5, 5.41) is 3.36. The normalized spacial score (nSPS) is 9.80. The van der Waals surface area contributed by atoms with Crippen LogP contribution in [0.2, 0.25) is 5.02 Å². The number of rotatable bonds is 3. The molecule has 0 aromatic heterocycles. The molecule has 15 heavy (non-hydrogen) atoms. The Kier molecular flexibility index (Phi) is 5.08. The smallest absolute Gasteiger partial charge is 0.251 e. The van der Waals surface area contributed by atoms with Crippen molar-refractivity contribution >= 4 is 56.0 Å². The zero-order chi connectivity index (χ0) is 11.4. The van der Waals surface area contributed by atoms with Crippen LogP contribution in [0, 0.1) is 3.57 Å². The summed E-state index contributed by atoms with van der Waals surface area (Å²) in [5.74, 6) is -0.134. The van der Waals surface area contributed by atoms with Gasteiger partial charge in [0.2, 0.25) is 0 Å². The lowest BCUT2D eigenvalue weighted by Crippen LogP contribution is -2.24. The monoisotopic (exact) mass is 399 g/mol. The topological polar surface area (TPSA) is 29.1 Å². The van der Waals surface area contributed by atoms with Crippen molar-refractivity contribution < 1.29 is 4.79 Å². The largest absolute Gasteiger partial charge is 0.347 e. The molecular weight excluding hydrogens is 392 g/mol. The summed E-state index contributed by atoms with van der Waals surface area (Å²) in [5.41, 5.74) is 0.595. The summed E-state index contributed by atoms with van der Waals surface area (Å²) in [6.07, 6.45) is 0. The quantitative estimate of drug-likeness (QED) is 0.772. The van der Waals surface area contributed by atoms with E-state index in [1.54, 1.807) is 18.2 Å². The van der Waals surface area contributed by atoms with Crippen LogP contribution in [-0.4, -0.2) is 12.5 Å². The molecule has 0 radical (unpaired) electrons. The van der Waals surface area contributed by atoms with Gasteiger partial charge in [-0.1, -0.05) is 34.1 Å². The molecule has 0 heterocycles. The van der Waals surface area contributed by atoms with Crippen molar-refractivity contribution in [1.29, 1.82) is 0 Å². The molecule has 0 bridgehead atoms. The first-order chi connectivity index (χ1) is 7.00. The van der Waals surface area contributed by atoms with E-state index in [4.69, 9.17) is 11.6 Å². The fourth-order valence-electron chi connectivity index (χ4n) is 0.916. The molecule has 1 rings (SSSR count). The van der Waals surface area contributed by atoms with Crippen LogP contribution in [0.1, 0.15) is 10.4 Å². The van der Waals surface area contributed by atoms with Crippen LogP contribution in [-0.2, 0) is 0 Å². The first-order valence-corrected chi connectivity index (χ1v) is 6.32. The Labute approximate surface area is 115 Å². The van der Waals surface area contributed by atoms with Crippen LogP contribution in [0.15, 0.2) is 29.3 Å². The highest BCUT2D eigenvalue weighted by atomic mass is 127. The van der Waals surface area contributed by atoms with E-state index >= 15 is 0 Å². The van der Waals surface area contributed by atoms with Crippen molar-refractivity contribution in [3.63, 3.8) is 0 Å². The third-order valence-electron chi connectivity index (χ3n) is 1.62. The van der Waals surface area contributed by atoms with Crippen molar-refractivity contribution in [1.82, 2.24) is 5.32 Å². The zero-order valence-corrected chi connectivity index (χ0v) is 12.2. The highest BCUT2D eigenvalue weighted by Gasteiger charge is 2.06. The summed E-state index contributed by atoms with van der Waals surface area (Å²) < 4.78 is 1.60. The number of hydrogen-bond acceptors (Lipinski definition) is 1. The number of carbonyl (C=O) groups is 1. The van der Waals surface area contributed by atoms with Gasteiger partial charge in [-0.3, -0.25) is 4.79 Å². The molecule has 0 saturated carbocycles. The fraction of sp³-hybridized carbons (Fsp3) is 0.100. The number of amides is 1. The Morgan fingerprint density at radius 1 is 1.60 bits per heavy atom. The Balaban J connectivity index is 2.74. The molecule has 0 unspecified atom stereocenters. The van der Waals surface area contributed by atoms with Crippen LogP contribution >= 0.6 is 50.1 Å². The highest BCUT2D eigenvalue weighted by Crippen LogP contribution is 2.19. The van der Waals surface area contributed by atoms with Crippen molar-refractivity contribution in [2.45, 2.75) is 0 Å². The fourth-order valence-corrected chi connectivity index (χ4v) is 1.69. The van der Waals surface area contributed by atoms with E-state index < -0.39 is 0 Å². The maximum absolute atomic E-state index is 11.6. The van der Waals surface area contributed by atoms with E-state index in [1.807, 2.05) is 0 Å². The third kappa shape index (κ3) is 4.12. The molecule has 0 atom stereocenters. The number of benzene rings is 1. The molecule has 5 heteroatoms. The number of halogens is 3.